The second kappa shape index (κ2) is 7.65. The molecule has 1 amide bonds. The Kier molecular flexibility index (Phi) is 5.08. The van der Waals surface area contributed by atoms with E-state index in [4.69, 9.17) is 4.74 Å². The smallest absolute Gasteiger partial charge is 0.251 e. The van der Waals surface area contributed by atoms with Crippen molar-refractivity contribution >= 4 is 17.2 Å². The van der Waals surface area contributed by atoms with Gasteiger partial charge in [-0.25, -0.2) is 9.97 Å². The molecule has 6 nitrogen and oxygen atoms in total. The lowest BCUT2D eigenvalue weighted by Gasteiger charge is -2.38. The van der Waals surface area contributed by atoms with Crippen molar-refractivity contribution in [2.45, 2.75) is 50.0 Å². The van der Waals surface area contributed by atoms with Crippen LogP contribution < -0.4 is 4.74 Å². The van der Waals surface area contributed by atoms with Gasteiger partial charge in [-0.1, -0.05) is 18.9 Å². The van der Waals surface area contributed by atoms with Gasteiger partial charge in [-0.15, -0.1) is 11.3 Å². The molecule has 0 bridgehead atoms. The molecule has 140 valence electrons. The van der Waals surface area contributed by atoms with Crippen molar-refractivity contribution in [2.24, 2.45) is 0 Å². The van der Waals surface area contributed by atoms with Crippen molar-refractivity contribution in [3.63, 3.8) is 0 Å². The quantitative estimate of drug-likeness (QED) is 0.811. The van der Waals surface area contributed by atoms with E-state index in [1.807, 2.05) is 17.0 Å². The Hall–Kier alpha value is -2.46. The first kappa shape index (κ1) is 17.9. The van der Waals surface area contributed by atoms with Gasteiger partial charge in [0.2, 0.25) is 11.6 Å². The Bertz CT molecular complexity index is 840. The highest BCUT2D eigenvalue weighted by Gasteiger charge is 2.46. The Morgan fingerprint density at radius 3 is 2.85 bits per heavy atom. The first-order valence-corrected chi connectivity index (χ1v) is 10.3. The van der Waals surface area contributed by atoms with E-state index in [1.54, 1.807) is 11.3 Å². The number of carbonyl (C=O) groups excluding carboxylic acids is 1. The summed E-state index contributed by atoms with van der Waals surface area (Å²) in [6.45, 7) is 1.30. The van der Waals surface area contributed by atoms with Gasteiger partial charge in [0.15, 0.2) is 0 Å². The van der Waals surface area contributed by atoms with E-state index in [0.29, 0.717) is 6.54 Å². The van der Waals surface area contributed by atoms with Crippen LogP contribution in [-0.2, 0) is 10.2 Å². The second-order valence-electron chi connectivity index (χ2n) is 7.22. The zero-order valence-corrected chi connectivity index (χ0v) is 16.0. The lowest BCUT2D eigenvalue weighted by Crippen LogP contribution is -2.51. The highest BCUT2D eigenvalue weighted by atomic mass is 32.1. The molecule has 7 heteroatoms. The van der Waals surface area contributed by atoms with Gasteiger partial charge in [-0.05, 0) is 37.1 Å². The summed E-state index contributed by atoms with van der Waals surface area (Å²) in [5.41, 5.74) is -0.174. The number of amides is 1. The fraction of sp³-hybridized carbons (Fsp3) is 0.500. The monoisotopic (exact) mass is 382 g/mol. The van der Waals surface area contributed by atoms with Gasteiger partial charge in [0.1, 0.15) is 12.2 Å². The Morgan fingerprint density at radius 1 is 1.30 bits per heavy atom. The minimum Gasteiger partial charge on any atom is -0.470 e. The largest absolute Gasteiger partial charge is 0.470 e. The predicted molar refractivity (Wildman–Crippen MR) is 101 cm³/mol. The number of likely N-dealkylation sites (tertiary alicyclic amines) is 1. The van der Waals surface area contributed by atoms with Crippen LogP contribution in [-0.4, -0.2) is 40.0 Å². The molecule has 3 heterocycles. The van der Waals surface area contributed by atoms with Crippen molar-refractivity contribution in [2.75, 3.05) is 13.1 Å². The number of piperidine rings is 1. The molecular formula is C20H22N4O2S. The Balaban J connectivity index is 1.51. The summed E-state index contributed by atoms with van der Waals surface area (Å²) in [5.74, 6) is 0.489. The van der Waals surface area contributed by atoms with Crippen LogP contribution in [0.5, 0.6) is 5.88 Å². The number of thiophene rings is 1. The average Bonchev–Trinajstić information content (AvgIpc) is 3.40. The predicted octanol–water partition coefficient (Wildman–Crippen LogP) is 3.29. The molecule has 1 unspecified atom stereocenters. The van der Waals surface area contributed by atoms with Crippen molar-refractivity contribution in [1.82, 2.24) is 14.9 Å². The van der Waals surface area contributed by atoms with Crippen LogP contribution in [0.3, 0.4) is 0 Å². The van der Waals surface area contributed by atoms with E-state index in [2.05, 4.69) is 21.4 Å². The number of rotatable bonds is 4. The summed E-state index contributed by atoms with van der Waals surface area (Å²) < 4.78 is 5.96. The lowest BCUT2D eigenvalue weighted by molar-refractivity contribution is -0.140. The third kappa shape index (κ3) is 3.42. The molecule has 0 aromatic carbocycles. The molecule has 2 aliphatic rings. The number of nitriles is 1. The van der Waals surface area contributed by atoms with Crippen molar-refractivity contribution in [3.05, 3.63) is 40.5 Å². The minimum atomic E-state index is -0.361. The number of nitrogens with zero attached hydrogens (tertiary/aromatic N) is 4. The van der Waals surface area contributed by atoms with Gasteiger partial charge < -0.3 is 9.64 Å². The van der Waals surface area contributed by atoms with E-state index < -0.39 is 0 Å². The van der Waals surface area contributed by atoms with Gasteiger partial charge in [0.05, 0.1) is 12.0 Å². The third-order valence-corrected chi connectivity index (χ3v) is 6.65. The van der Waals surface area contributed by atoms with Gasteiger partial charge in [0, 0.05) is 23.8 Å². The van der Waals surface area contributed by atoms with Crippen LogP contribution >= 0.6 is 11.3 Å². The zero-order chi connectivity index (χ0) is 18.7. The Labute approximate surface area is 162 Å². The molecule has 1 saturated carbocycles. The van der Waals surface area contributed by atoms with E-state index in [1.165, 1.54) is 17.3 Å². The normalized spacial score (nSPS) is 21.6. The van der Waals surface area contributed by atoms with Crippen molar-refractivity contribution in [3.8, 4) is 11.9 Å². The average molecular weight is 382 g/mol. The van der Waals surface area contributed by atoms with Crippen LogP contribution in [0.4, 0.5) is 0 Å². The SMILES string of the molecule is N#Cc1nccnc1OC1CCCN(C(=O)C2(c3cccs3)CCCC2)C1. The molecule has 27 heavy (non-hydrogen) atoms. The molecule has 1 aliphatic carbocycles. The number of ether oxygens (including phenoxy) is 1. The fourth-order valence-electron chi connectivity index (χ4n) is 4.26. The van der Waals surface area contributed by atoms with Crippen LogP contribution in [0.25, 0.3) is 0 Å². The van der Waals surface area contributed by atoms with Gasteiger partial charge in [-0.3, -0.25) is 4.79 Å². The highest BCUT2D eigenvalue weighted by molar-refractivity contribution is 7.10. The summed E-state index contributed by atoms with van der Waals surface area (Å²) in [4.78, 5) is 24.8. The second-order valence-corrected chi connectivity index (χ2v) is 8.17. The first-order chi connectivity index (χ1) is 13.2. The van der Waals surface area contributed by atoms with Gasteiger partial charge in [0.25, 0.3) is 5.88 Å². The highest BCUT2D eigenvalue weighted by Crippen LogP contribution is 2.44. The standard InChI is InChI=1S/C20H22N4O2S/c21-13-16-18(23-10-9-22-16)26-15-5-3-11-24(14-15)19(25)20(7-1-2-8-20)17-6-4-12-27-17/h4,6,9-10,12,15H,1-3,5,7-8,11,14H2. The summed E-state index contributed by atoms with van der Waals surface area (Å²) in [7, 11) is 0. The first-order valence-electron chi connectivity index (χ1n) is 9.44. The Morgan fingerprint density at radius 2 is 2.11 bits per heavy atom. The molecule has 0 spiro atoms. The molecule has 0 N–H and O–H groups in total. The molecule has 1 aliphatic heterocycles. The van der Waals surface area contributed by atoms with Gasteiger partial charge >= 0.3 is 0 Å². The molecule has 2 aromatic heterocycles. The maximum atomic E-state index is 13.5. The third-order valence-electron chi connectivity index (χ3n) is 5.57. The van der Waals surface area contributed by atoms with Crippen LogP contribution in [0.1, 0.15) is 49.1 Å². The fourth-order valence-corrected chi connectivity index (χ4v) is 5.24. The van der Waals surface area contributed by atoms with E-state index in [-0.39, 0.29) is 29.0 Å². The summed E-state index contributed by atoms with van der Waals surface area (Å²) in [6, 6.07) is 6.15. The molecule has 4 rings (SSSR count). The van der Waals surface area contributed by atoms with E-state index in [0.717, 1.165) is 45.1 Å². The minimum absolute atomic E-state index is 0.159. The maximum absolute atomic E-state index is 13.5. The molecule has 2 aromatic rings. The molecule has 1 atom stereocenters. The molecule has 2 fully saturated rings. The number of hydrogen-bond acceptors (Lipinski definition) is 6. The summed E-state index contributed by atoms with van der Waals surface area (Å²) in [5, 5.41) is 11.2. The summed E-state index contributed by atoms with van der Waals surface area (Å²) in [6.07, 6.45) is 8.63. The lowest BCUT2D eigenvalue weighted by atomic mass is 9.82. The summed E-state index contributed by atoms with van der Waals surface area (Å²) >= 11 is 1.69. The van der Waals surface area contributed by atoms with Crippen LogP contribution in [0, 0.1) is 11.3 Å². The maximum Gasteiger partial charge on any atom is 0.251 e. The topological polar surface area (TPSA) is 79.1 Å². The van der Waals surface area contributed by atoms with Gasteiger partial charge in [-0.2, -0.15) is 5.26 Å². The zero-order valence-electron chi connectivity index (χ0n) is 15.1. The molecule has 1 saturated heterocycles. The van der Waals surface area contributed by atoms with Crippen molar-refractivity contribution in [1.29, 1.82) is 5.26 Å². The number of carbonyl (C=O) groups is 1. The molecule has 0 radical (unpaired) electrons. The number of aromatic nitrogens is 2. The van der Waals surface area contributed by atoms with Crippen molar-refractivity contribution < 1.29 is 9.53 Å². The number of hydrogen-bond donors (Lipinski definition) is 0. The van der Waals surface area contributed by atoms with Crippen LogP contribution in [0.2, 0.25) is 0 Å². The van der Waals surface area contributed by atoms with E-state index >= 15 is 0 Å². The molecular weight excluding hydrogens is 360 g/mol. The van der Waals surface area contributed by atoms with Crippen LogP contribution in [0.15, 0.2) is 29.9 Å². The van der Waals surface area contributed by atoms with E-state index in [9.17, 15) is 10.1 Å².